The van der Waals surface area contributed by atoms with Crippen LogP contribution >= 0.6 is 11.3 Å². The number of aliphatic hydroxyl groups is 2. The van der Waals surface area contributed by atoms with Crippen molar-refractivity contribution in [1.82, 2.24) is 20.4 Å². The molecular formula is C28H29N5O4S. The van der Waals surface area contributed by atoms with E-state index in [-0.39, 0.29) is 30.9 Å². The summed E-state index contributed by atoms with van der Waals surface area (Å²) >= 11 is 1.56. The maximum Gasteiger partial charge on any atom is 0.320 e. The number of anilines is 1. The summed E-state index contributed by atoms with van der Waals surface area (Å²) in [5.74, 6) is 0.230. The Bertz CT molecular complexity index is 1420. The Morgan fingerprint density at radius 1 is 1.11 bits per heavy atom. The van der Waals surface area contributed by atoms with E-state index in [1.807, 2.05) is 60.0 Å². The zero-order valence-electron chi connectivity index (χ0n) is 20.6. The van der Waals surface area contributed by atoms with Crippen molar-refractivity contribution in [3.8, 4) is 16.3 Å². The van der Waals surface area contributed by atoms with Gasteiger partial charge in [0.1, 0.15) is 11.5 Å². The molecule has 0 fully saturated rings. The molecule has 0 saturated heterocycles. The summed E-state index contributed by atoms with van der Waals surface area (Å²) < 4.78 is 1.66. The summed E-state index contributed by atoms with van der Waals surface area (Å²) in [4.78, 5) is 26.4. The molecule has 0 saturated carbocycles. The average molecular weight is 532 g/mol. The van der Waals surface area contributed by atoms with E-state index in [4.69, 9.17) is 10.2 Å². The van der Waals surface area contributed by atoms with Crippen molar-refractivity contribution >= 4 is 29.1 Å². The second-order valence-corrected chi connectivity index (χ2v) is 10.1. The predicted octanol–water partition coefficient (Wildman–Crippen LogP) is 3.42. The van der Waals surface area contributed by atoms with Gasteiger partial charge in [-0.25, -0.2) is 9.48 Å². The van der Waals surface area contributed by atoms with Gasteiger partial charge < -0.3 is 20.8 Å². The van der Waals surface area contributed by atoms with Crippen molar-refractivity contribution in [3.63, 3.8) is 0 Å². The minimum atomic E-state index is -0.998. The Labute approximate surface area is 224 Å². The number of urea groups is 1. The van der Waals surface area contributed by atoms with Gasteiger partial charge in [0.2, 0.25) is 5.91 Å². The van der Waals surface area contributed by atoms with E-state index in [1.54, 1.807) is 16.0 Å². The minimum Gasteiger partial charge on any atom is -0.394 e. The average Bonchev–Trinajstić information content (AvgIpc) is 3.68. The number of benzene rings is 2. The molecule has 2 aromatic carbocycles. The van der Waals surface area contributed by atoms with E-state index in [9.17, 15) is 14.7 Å². The molecule has 2 heterocycles. The fraction of sp³-hybridized carbons (Fsp3) is 0.250. The van der Waals surface area contributed by atoms with Crippen LogP contribution in [0.25, 0.3) is 16.3 Å². The van der Waals surface area contributed by atoms with E-state index < -0.39 is 12.7 Å². The minimum absolute atomic E-state index is 0.0208. The van der Waals surface area contributed by atoms with Crippen LogP contribution in [-0.4, -0.2) is 51.2 Å². The van der Waals surface area contributed by atoms with Gasteiger partial charge in [-0.15, -0.1) is 11.3 Å². The van der Waals surface area contributed by atoms with E-state index in [1.165, 1.54) is 5.56 Å². The van der Waals surface area contributed by atoms with Crippen LogP contribution in [0.2, 0.25) is 0 Å². The van der Waals surface area contributed by atoms with Crippen LogP contribution in [0.3, 0.4) is 0 Å². The number of aliphatic hydroxyl groups excluding tert-OH is 2. The molecule has 0 radical (unpaired) electrons. The third kappa shape index (κ3) is 5.94. The van der Waals surface area contributed by atoms with Gasteiger partial charge in [-0.2, -0.15) is 5.10 Å². The molecule has 10 heteroatoms. The first-order valence-electron chi connectivity index (χ1n) is 12.4. The highest BCUT2D eigenvalue weighted by Crippen LogP contribution is 2.31. The molecular weight excluding hydrogens is 502 g/mol. The molecule has 0 spiro atoms. The largest absolute Gasteiger partial charge is 0.394 e. The number of aromatic nitrogens is 2. The number of rotatable bonds is 9. The van der Waals surface area contributed by atoms with Crippen LogP contribution in [0, 0.1) is 0 Å². The summed E-state index contributed by atoms with van der Waals surface area (Å²) in [7, 11) is 0. The molecule has 5 rings (SSSR count). The normalized spacial score (nSPS) is 15.1. The Morgan fingerprint density at radius 2 is 1.97 bits per heavy atom. The highest BCUT2D eigenvalue weighted by Gasteiger charge is 2.24. The van der Waals surface area contributed by atoms with Gasteiger partial charge >= 0.3 is 6.03 Å². The third-order valence-electron chi connectivity index (χ3n) is 6.43. The molecule has 0 aliphatic heterocycles. The van der Waals surface area contributed by atoms with Crippen molar-refractivity contribution in [2.75, 3.05) is 18.5 Å². The smallest absolute Gasteiger partial charge is 0.320 e. The zero-order chi connectivity index (χ0) is 26.5. The van der Waals surface area contributed by atoms with Gasteiger partial charge in [0.25, 0.3) is 0 Å². The fourth-order valence-corrected chi connectivity index (χ4v) is 5.25. The van der Waals surface area contributed by atoms with Crippen LogP contribution in [0.15, 0.2) is 72.1 Å². The third-order valence-corrected chi connectivity index (χ3v) is 7.32. The predicted molar refractivity (Wildman–Crippen MR) is 146 cm³/mol. The summed E-state index contributed by atoms with van der Waals surface area (Å²) in [6.45, 7) is -0.439. The standard InChI is InChI=1S/C28H29N5O4S/c34-17-21(35)16-29-27(36)14-18-5-3-7-20(13-18)33-26(15-24(32-33)25-9-4-12-38-25)31-28(37)30-23-11-10-19-6-1-2-8-22(19)23/h1-9,12-13,15,21,23,34-35H,10-11,14,16-17H2,(H,29,36)(H2,30,31,37). The second-order valence-electron chi connectivity index (χ2n) is 9.18. The molecule has 196 valence electrons. The lowest BCUT2D eigenvalue weighted by atomic mass is 10.1. The zero-order valence-corrected chi connectivity index (χ0v) is 21.4. The SMILES string of the molecule is O=C(Cc1cccc(-n2nc(-c3cccs3)cc2NC(=O)NC2CCc3ccccc32)c1)NCC(O)CO. The van der Waals surface area contributed by atoms with Gasteiger partial charge in [0, 0.05) is 12.6 Å². The van der Waals surface area contributed by atoms with Crippen LogP contribution in [0.5, 0.6) is 0 Å². The number of aryl methyl sites for hydroxylation is 1. The monoisotopic (exact) mass is 531 g/mol. The number of thiophene rings is 1. The maximum absolute atomic E-state index is 13.1. The summed E-state index contributed by atoms with van der Waals surface area (Å²) in [5, 5.41) is 33.8. The van der Waals surface area contributed by atoms with E-state index in [2.05, 4.69) is 28.1 Å². The molecule has 9 nitrogen and oxygen atoms in total. The Balaban J connectivity index is 1.36. The summed E-state index contributed by atoms with van der Waals surface area (Å²) in [6.07, 6.45) is 0.880. The van der Waals surface area contributed by atoms with Crippen molar-refractivity contribution in [2.45, 2.75) is 31.4 Å². The Hall–Kier alpha value is -3.99. The first kappa shape index (κ1) is 25.7. The van der Waals surface area contributed by atoms with Crippen molar-refractivity contribution < 1.29 is 19.8 Å². The van der Waals surface area contributed by atoms with Crippen LogP contribution < -0.4 is 16.0 Å². The fourth-order valence-electron chi connectivity index (χ4n) is 4.57. The maximum atomic E-state index is 13.1. The number of hydrogen-bond acceptors (Lipinski definition) is 6. The summed E-state index contributed by atoms with van der Waals surface area (Å²) in [5.41, 5.74) is 4.56. The van der Waals surface area contributed by atoms with E-state index in [0.717, 1.165) is 34.5 Å². The number of carbonyl (C=O) groups excluding carboxylic acids is 2. The molecule has 2 aromatic heterocycles. The molecule has 5 N–H and O–H groups in total. The van der Waals surface area contributed by atoms with Gasteiger partial charge in [0.05, 0.1) is 35.7 Å². The van der Waals surface area contributed by atoms with Gasteiger partial charge in [-0.05, 0) is 53.1 Å². The number of carbonyl (C=O) groups is 2. The molecule has 2 unspecified atom stereocenters. The molecule has 4 aromatic rings. The first-order valence-corrected chi connectivity index (χ1v) is 13.3. The number of nitrogens with zero attached hydrogens (tertiary/aromatic N) is 2. The molecule has 3 amide bonds. The topological polar surface area (TPSA) is 129 Å². The van der Waals surface area contributed by atoms with Gasteiger partial charge in [-0.3, -0.25) is 10.1 Å². The van der Waals surface area contributed by atoms with Crippen LogP contribution in [0.4, 0.5) is 10.6 Å². The second kappa shape index (κ2) is 11.6. The van der Waals surface area contributed by atoms with Crippen LogP contribution in [-0.2, 0) is 17.6 Å². The Morgan fingerprint density at radius 3 is 2.79 bits per heavy atom. The van der Waals surface area contributed by atoms with Crippen molar-refractivity contribution in [2.24, 2.45) is 0 Å². The molecule has 0 bridgehead atoms. The number of hydrogen-bond donors (Lipinski definition) is 5. The number of nitrogens with one attached hydrogen (secondary N) is 3. The quantitative estimate of drug-likeness (QED) is 0.226. The number of fused-ring (bicyclic) bond motifs is 1. The highest BCUT2D eigenvalue weighted by molar-refractivity contribution is 7.13. The van der Waals surface area contributed by atoms with Crippen molar-refractivity contribution in [1.29, 1.82) is 0 Å². The lowest BCUT2D eigenvalue weighted by Crippen LogP contribution is -2.34. The molecule has 38 heavy (non-hydrogen) atoms. The van der Waals surface area contributed by atoms with E-state index in [0.29, 0.717) is 11.5 Å². The highest BCUT2D eigenvalue weighted by atomic mass is 32.1. The first-order chi connectivity index (χ1) is 18.5. The van der Waals surface area contributed by atoms with Crippen LogP contribution in [0.1, 0.15) is 29.2 Å². The molecule has 1 aliphatic carbocycles. The van der Waals surface area contributed by atoms with E-state index >= 15 is 0 Å². The molecule has 2 atom stereocenters. The van der Waals surface area contributed by atoms with Gasteiger partial charge in [0.15, 0.2) is 0 Å². The Kier molecular flexibility index (Phi) is 7.83. The summed E-state index contributed by atoms with van der Waals surface area (Å²) in [6, 6.07) is 20.9. The van der Waals surface area contributed by atoms with Gasteiger partial charge in [-0.1, -0.05) is 42.5 Å². The van der Waals surface area contributed by atoms with Crippen molar-refractivity contribution in [3.05, 3.63) is 88.8 Å². The lowest BCUT2D eigenvalue weighted by Gasteiger charge is -2.16. The lowest BCUT2D eigenvalue weighted by molar-refractivity contribution is -0.121. The molecule has 1 aliphatic rings. The number of amides is 3.